The molecule has 27 heavy (non-hydrogen) atoms. The van der Waals surface area contributed by atoms with E-state index in [1.807, 2.05) is 0 Å². The van der Waals surface area contributed by atoms with E-state index in [0.29, 0.717) is 27.6 Å². The van der Waals surface area contributed by atoms with Crippen LogP contribution in [0.25, 0.3) is 0 Å². The van der Waals surface area contributed by atoms with Gasteiger partial charge in [-0.1, -0.05) is 37.0 Å². The highest BCUT2D eigenvalue weighted by Crippen LogP contribution is 2.38. The molecule has 2 amide bonds. The van der Waals surface area contributed by atoms with E-state index in [0.717, 1.165) is 25.7 Å². The minimum absolute atomic E-state index is 0.0497. The van der Waals surface area contributed by atoms with Gasteiger partial charge in [0.2, 0.25) is 5.91 Å². The molecule has 0 aromatic heterocycles. The molecule has 1 aliphatic carbocycles. The molecule has 0 bridgehead atoms. The van der Waals surface area contributed by atoms with Gasteiger partial charge >= 0.3 is 0 Å². The Kier molecular flexibility index (Phi) is 6.53. The second-order valence-corrected chi connectivity index (χ2v) is 8.44. The SMILES string of the molecule is CCC1C(=O)NC2CC(NC(=O)COc3ccc(Cl)cc3Cl)CCC2C1C. The number of carbonyl (C=O) groups excluding carboxylic acids is 2. The Hall–Kier alpha value is -1.46. The first-order valence-electron chi connectivity index (χ1n) is 9.56. The molecule has 1 aromatic rings. The van der Waals surface area contributed by atoms with E-state index in [1.165, 1.54) is 0 Å². The lowest BCUT2D eigenvalue weighted by Gasteiger charge is -2.46. The number of fused-ring (bicyclic) bond motifs is 1. The average molecular weight is 413 g/mol. The van der Waals surface area contributed by atoms with Gasteiger partial charge in [-0.15, -0.1) is 0 Å². The third-order valence-corrected chi connectivity index (χ3v) is 6.47. The van der Waals surface area contributed by atoms with Gasteiger partial charge in [0.15, 0.2) is 6.61 Å². The van der Waals surface area contributed by atoms with Crippen molar-refractivity contribution in [1.82, 2.24) is 10.6 Å². The summed E-state index contributed by atoms with van der Waals surface area (Å²) in [6, 6.07) is 5.08. The van der Waals surface area contributed by atoms with Crippen molar-refractivity contribution >= 4 is 35.0 Å². The van der Waals surface area contributed by atoms with Crippen LogP contribution in [0.5, 0.6) is 5.75 Å². The highest BCUT2D eigenvalue weighted by atomic mass is 35.5. The Labute approximate surface area is 170 Å². The summed E-state index contributed by atoms with van der Waals surface area (Å²) >= 11 is 11.9. The minimum Gasteiger partial charge on any atom is -0.482 e. The van der Waals surface area contributed by atoms with Crippen LogP contribution in [0.3, 0.4) is 0 Å². The first-order chi connectivity index (χ1) is 12.9. The summed E-state index contributed by atoms with van der Waals surface area (Å²) in [4.78, 5) is 24.6. The fourth-order valence-electron chi connectivity index (χ4n) is 4.51. The van der Waals surface area contributed by atoms with Gasteiger partial charge in [0.25, 0.3) is 5.91 Å². The fraction of sp³-hybridized carbons (Fsp3) is 0.600. The topological polar surface area (TPSA) is 67.4 Å². The van der Waals surface area contributed by atoms with Crippen molar-refractivity contribution in [3.05, 3.63) is 28.2 Å². The van der Waals surface area contributed by atoms with Crippen LogP contribution in [-0.4, -0.2) is 30.5 Å². The molecular formula is C20H26Cl2N2O3. The third-order valence-electron chi connectivity index (χ3n) is 5.94. The molecule has 7 heteroatoms. The van der Waals surface area contributed by atoms with Gasteiger partial charge in [-0.3, -0.25) is 9.59 Å². The van der Waals surface area contributed by atoms with Gasteiger partial charge in [0.05, 0.1) is 5.02 Å². The molecule has 3 rings (SSSR count). The standard InChI is InChI=1S/C20H26Cl2N2O3/c1-3-14-11(2)15-6-5-13(9-17(15)24-20(14)26)23-19(25)10-27-18-7-4-12(21)8-16(18)22/h4,7-8,11,13-15,17H,3,5-6,9-10H2,1-2H3,(H,23,25)(H,24,26). The highest BCUT2D eigenvalue weighted by Gasteiger charge is 2.43. The molecule has 1 heterocycles. The van der Waals surface area contributed by atoms with Crippen LogP contribution in [0.1, 0.15) is 39.5 Å². The summed E-state index contributed by atoms with van der Waals surface area (Å²) in [6.45, 7) is 4.15. The van der Waals surface area contributed by atoms with Gasteiger partial charge in [-0.05, 0) is 55.7 Å². The molecule has 1 saturated carbocycles. The van der Waals surface area contributed by atoms with Crippen LogP contribution >= 0.6 is 23.2 Å². The normalized spacial score (nSPS) is 30.2. The molecule has 2 aliphatic rings. The molecule has 2 N–H and O–H groups in total. The molecular weight excluding hydrogens is 387 g/mol. The van der Waals surface area contributed by atoms with Crippen molar-refractivity contribution in [3.63, 3.8) is 0 Å². The number of rotatable bonds is 5. The van der Waals surface area contributed by atoms with Crippen molar-refractivity contribution in [2.75, 3.05) is 6.61 Å². The summed E-state index contributed by atoms with van der Waals surface area (Å²) in [5.41, 5.74) is 0. The molecule has 1 saturated heterocycles. The van der Waals surface area contributed by atoms with Crippen molar-refractivity contribution in [2.24, 2.45) is 17.8 Å². The van der Waals surface area contributed by atoms with E-state index in [2.05, 4.69) is 24.5 Å². The van der Waals surface area contributed by atoms with Crippen LogP contribution < -0.4 is 15.4 Å². The summed E-state index contributed by atoms with van der Waals surface area (Å²) in [5.74, 6) is 1.38. The monoisotopic (exact) mass is 412 g/mol. The first kappa shape index (κ1) is 20.3. The molecule has 5 atom stereocenters. The highest BCUT2D eigenvalue weighted by molar-refractivity contribution is 6.35. The van der Waals surface area contributed by atoms with Crippen LogP contribution in [0, 0.1) is 17.8 Å². The Morgan fingerprint density at radius 3 is 2.81 bits per heavy atom. The molecule has 1 aliphatic heterocycles. The van der Waals surface area contributed by atoms with Crippen molar-refractivity contribution < 1.29 is 14.3 Å². The smallest absolute Gasteiger partial charge is 0.258 e. The Bertz CT molecular complexity index is 712. The largest absolute Gasteiger partial charge is 0.482 e. The molecule has 2 fully saturated rings. The molecule has 148 valence electrons. The molecule has 1 aromatic carbocycles. The Balaban J connectivity index is 1.50. The lowest BCUT2D eigenvalue weighted by atomic mass is 9.67. The number of ether oxygens (including phenoxy) is 1. The van der Waals surface area contributed by atoms with Gasteiger partial charge in [0, 0.05) is 23.0 Å². The van der Waals surface area contributed by atoms with Gasteiger partial charge in [0.1, 0.15) is 5.75 Å². The zero-order valence-corrected chi connectivity index (χ0v) is 17.1. The molecule has 0 spiro atoms. The quantitative estimate of drug-likeness (QED) is 0.772. The van der Waals surface area contributed by atoms with Gasteiger partial charge in [-0.25, -0.2) is 0 Å². The fourth-order valence-corrected chi connectivity index (χ4v) is 4.97. The van der Waals surface area contributed by atoms with E-state index < -0.39 is 0 Å². The number of benzene rings is 1. The lowest BCUT2D eigenvalue weighted by molar-refractivity contribution is -0.133. The van der Waals surface area contributed by atoms with Gasteiger partial charge < -0.3 is 15.4 Å². The number of hydrogen-bond donors (Lipinski definition) is 2. The van der Waals surface area contributed by atoms with Gasteiger partial charge in [-0.2, -0.15) is 0 Å². The predicted molar refractivity (Wildman–Crippen MR) is 106 cm³/mol. The van der Waals surface area contributed by atoms with Crippen LogP contribution in [0.4, 0.5) is 0 Å². The zero-order valence-electron chi connectivity index (χ0n) is 15.6. The van der Waals surface area contributed by atoms with Crippen molar-refractivity contribution in [2.45, 2.75) is 51.6 Å². The van der Waals surface area contributed by atoms with Crippen molar-refractivity contribution in [3.8, 4) is 5.75 Å². The maximum absolute atomic E-state index is 12.3. The minimum atomic E-state index is -0.189. The number of piperidine rings is 1. The Morgan fingerprint density at radius 1 is 1.33 bits per heavy atom. The third kappa shape index (κ3) is 4.69. The van der Waals surface area contributed by atoms with Crippen LogP contribution in [0.15, 0.2) is 18.2 Å². The van der Waals surface area contributed by atoms with E-state index in [9.17, 15) is 9.59 Å². The maximum Gasteiger partial charge on any atom is 0.258 e. The van der Waals surface area contributed by atoms with E-state index in [-0.39, 0.29) is 36.4 Å². The summed E-state index contributed by atoms with van der Waals surface area (Å²) in [5, 5.41) is 7.09. The second kappa shape index (κ2) is 8.70. The Morgan fingerprint density at radius 2 is 2.11 bits per heavy atom. The zero-order chi connectivity index (χ0) is 19.6. The van der Waals surface area contributed by atoms with E-state index >= 15 is 0 Å². The molecule has 0 radical (unpaired) electrons. The maximum atomic E-state index is 12.3. The lowest BCUT2D eigenvalue weighted by Crippen LogP contribution is -2.58. The number of amides is 2. The number of halogens is 2. The first-order valence-corrected chi connectivity index (χ1v) is 10.3. The summed E-state index contributed by atoms with van der Waals surface area (Å²) in [7, 11) is 0. The molecule has 5 nitrogen and oxygen atoms in total. The van der Waals surface area contributed by atoms with Crippen LogP contribution in [0.2, 0.25) is 10.0 Å². The van der Waals surface area contributed by atoms with E-state index in [4.69, 9.17) is 27.9 Å². The number of nitrogens with one attached hydrogen (secondary N) is 2. The molecule has 5 unspecified atom stereocenters. The summed E-state index contributed by atoms with van der Waals surface area (Å²) < 4.78 is 5.49. The van der Waals surface area contributed by atoms with E-state index in [1.54, 1.807) is 18.2 Å². The number of hydrogen-bond acceptors (Lipinski definition) is 3. The number of carbonyl (C=O) groups is 2. The average Bonchev–Trinajstić information content (AvgIpc) is 2.61. The van der Waals surface area contributed by atoms with Crippen LogP contribution in [-0.2, 0) is 9.59 Å². The summed E-state index contributed by atoms with van der Waals surface area (Å²) in [6.07, 6.45) is 3.58. The predicted octanol–water partition coefficient (Wildman–Crippen LogP) is 3.82. The van der Waals surface area contributed by atoms with Crippen molar-refractivity contribution in [1.29, 1.82) is 0 Å². The second-order valence-electron chi connectivity index (χ2n) is 7.59.